The average Bonchev–Trinajstić information content (AvgIpc) is 4.06. The zero-order valence-electron chi connectivity index (χ0n) is 37.6. The fourth-order valence-electron chi connectivity index (χ4n) is 9.67. The molecule has 10 aromatic rings. The average molecular weight is 863 g/mol. The van der Waals surface area contributed by atoms with Crippen molar-refractivity contribution in [1.82, 2.24) is 9.97 Å². The minimum atomic E-state index is -3.32. The summed E-state index contributed by atoms with van der Waals surface area (Å²) < 4.78 is 14.6. The first-order chi connectivity index (χ1) is 31.5. The van der Waals surface area contributed by atoms with Gasteiger partial charge >= 0.3 is 0 Å². The van der Waals surface area contributed by atoms with E-state index in [2.05, 4.69) is 245 Å². The lowest BCUT2D eigenvalue weighted by Crippen LogP contribution is -2.72. The molecule has 0 bridgehead atoms. The van der Waals surface area contributed by atoms with Crippen LogP contribution in [0.5, 0.6) is 0 Å². The van der Waals surface area contributed by atoms with Crippen molar-refractivity contribution < 1.29 is 8.83 Å². The van der Waals surface area contributed by atoms with E-state index in [1.165, 1.54) is 20.7 Å². The summed E-state index contributed by atoms with van der Waals surface area (Å²) in [5, 5.41) is 4.92. The van der Waals surface area contributed by atoms with Gasteiger partial charge in [-0.1, -0.05) is 175 Å². The topological polar surface area (TPSA) is 58.5 Å². The highest BCUT2D eigenvalue weighted by molar-refractivity contribution is 7.22. The predicted octanol–water partition coefficient (Wildman–Crippen LogP) is 12.9. The number of hydrogen-bond acceptors (Lipinski definition) is 6. The fourth-order valence-corrected chi connectivity index (χ4v) is 14.9. The van der Waals surface area contributed by atoms with E-state index in [1.807, 2.05) is 0 Å². The van der Waals surface area contributed by atoms with Crippen molar-refractivity contribution in [3.05, 3.63) is 206 Å². The number of aromatic nitrogens is 2. The second-order valence-corrected chi connectivity index (χ2v) is 22.8. The highest BCUT2D eigenvalue weighted by Crippen LogP contribution is 2.49. The van der Waals surface area contributed by atoms with E-state index in [1.54, 1.807) is 0 Å². The molecule has 2 aromatic heterocycles. The van der Waals surface area contributed by atoms with Crippen molar-refractivity contribution in [2.45, 2.75) is 52.4 Å². The van der Waals surface area contributed by atoms with Crippen LogP contribution >= 0.6 is 0 Å². The largest absolute Gasteiger partial charge is 0.439 e. The summed E-state index contributed by atoms with van der Waals surface area (Å²) in [6, 6.07) is 69.6. The van der Waals surface area contributed by atoms with Gasteiger partial charge in [-0.15, -0.1) is 0 Å². The molecule has 6 nitrogen and oxygen atoms in total. The number of benzene rings is 8. The molecule has 0 fully saturated rings. The number of nitrogens with zero attached hydrogens (tertiary/aromatic N) is 4. The van der Waals surface area contributed by atoms with Crippen LogP contribution in [0, 0.1) is 0 Å². The van der Waals surface area contributed by atoms with Crippen LogP contribution in [-0.4, -0.2) is 18.0 Å². The molecule has 11 rings (SSSR count). The number of para-hydroxylation sites is 4. The lowest BCUT2D eigenvalue weighted by Gasteiger charge is -2.33. The number of oxazole rings is 2. The van der Waals surface area contributed by atoms with Crippen LogP contribution in [0.3, 0.4) is 0 Å². The molecule has 0 radical (unpaired) electrons. The Labute approximate surface area is 381 Å². The van der Waals surface area contributed by atoms with Gasteiger partial charge < -0.3 is 18.6 Å². The Hall–Kier alpha value is -7.48. The van der Waals surface area contributed by atoms with E-state index in [0.717, 1.165) is 67.5 Å². The summed E-state index contributed by atoms with van der Waals surface area (Å²) in [4.78, 5) is 15.7. The van der Waals surface area contributed by atoms with Gasteiger partial charge in [0.25, 0.3) is 0 Å². The van der Waals surface area contributed by atoms with Crippen LogP contribution in [0.1, 0.15) is 53.3 Å². The third-order valence-electron chi connectivity index (χ3n) is 12.6. The SMILES string of the molecule is CC(C)(C)c1nc2c(N(c3ccccc3)c3ccccc3)cc3c(c2o1)-c1c(cc(N(c2ccccc2)c2ccccc2)c2nc(C(C)(C)C)oc12)[Si]3(c1ccccc1)c1ccccc1. The summed E-state index contributed by atoms with van der Waals surface area (Å²) in [5.41, 5.74) is 10.3. The Bertz CT molecular complexity index is 3020. The highest BCUT2D eigenvalue weighted by Gasteiger charge is 2.53. The van der Waals surface area contributed by atoms with Gasteiger partial charge in [0.15, 0.2) is 19.2 Å². The molecular formula is C58H50N4O2Si. The number of rotatable bonds is 8. The summed E-state index contributed by atoms with van der Waals surface area (Å²) in [5.74, 6) is 1.34. The summed E-state index contributed by atoms with van der Waals surface area (Å²) in [6.07, 6.45) is 0. The summed E-state index contributed by atoms with van der Waals surface area (Å²) in [7, 11) is -3.32. The summed E-state index contributed by atoms with van der Waals surface area (Å²) >= 11 is 0. The minimum Gasteiger partial charge on any atom is -0.439 e. The number of anilines is 6. The van der Waals surface area contributed by atoms with E-state index in [0.29, 0.717) is 11.8 Å². The van der Waals surface area contributed by atoms with E-state index < -0.39 is 8.07 Å². The van der Waals surface area contributed by atoms with Gasteiger partial charge in [-0.3, -0.25) is 0 Å². The Kier molecular flexibility index (Phi) is 9.52. The molecule has 1 aliphatic heterocycles. The van der Waals surface area contributed by atoms with E-state index in [9.17, 15) is 0 Å². The van der Waals surface area contributed by atoms with Crippen molar-refractivity contribution in [1.29, 1.82) is 0 Å². The third kappa shape index (κ3) is 6.52. The molecule has 8 aromatic carbocycles. The first-order valence-corrected chi connectivity index (χ1v) is 24.4. The second-order valence-electron chi connectivity index (χ2n) is 19.0. The van der Waals surface area contributed by atoms with Gasteiger partial charge in [0.1, 0.15) is 11.0 Å². The normalized spacial score (nSPS) is 13.2. The van der Waals surface area contributed by atoms with Crippen LogP contribution in [0.15, 0.2) is 203 Å². The number of fused-ring (bicyclic) bond motifs is 7. The van der Waals surface area contributed by atoms with Crippen molar-refractivity contribution in [3.8, 4) is 11.1 Å². The maximum absolute atomic E-state index is 7.31. The standard InChI is InChI=1S/C58H50N4O2Si/c1-57(2,3)55-59-51-45(61(39-25-13-7-14-26-39)40-27-15-8-16-28-40)37-47-49(53(51)63-55)50-48(65(47,43-33-21-11-22-34-43)44-35-23-12-24-36-44)38-46(52-54(50)64-56(60-52)58(4,5)6)62(41-29-17-9-18-30-41)42-31-19-10-20-32-42/h7-38H,1-6H3. The molecule has 1 aliphatic rings. The molecule has 7 heteroatoms. The van der Waals surface area contributed by atoms with E-state index in [4.69, 9.17) is 18.8 Å². The Morgan fingerprint density at radius 3 is 0.938 bits per heavy atom. The van der Waals surface area contributed by atoms with Crippen LogP contribution in [-0.2, 0) is 10.8 Å². The maximum Gasteiger partial charge on any atom is 0.200 e. The molecule has 0 amide bonds. The Balaban J connectivity index is 1.37. The molecule has 0 saturated heterocycles. The molecule has 0 aliphatic carbocycles. The van der Waals surface area contributed by atoms with Crippen molar-refractivity contribution in [3.63, 3.8) is 0 Å². The molecular weight excluding hydrogens is 813 g/mol. The van der Waals surface area contributed by atoms with Crippen LogP contribution in [0.2, 0.25) is 0 Å². The lowest BCUT2D eigenvalue weighted by atomic mass is 9.97. The van der Waals surface area contributed by atoms with E-state index in [-0.39, 0.29) is 10.8 Å². The molecule has 0 unspecified atom stereocenters. The van der Waals surface area contributed by atoms with Crippen molar-refractivity contribution in [2.24, 2.45) is 0 Å². The maximum atomic E-state index is 7.31. The van der Waals surface area contributed by atoms with Crippen LogP contribution in [0.4, 0.5) is 34.1 Å². The first-order valence-electron chi connectivity index (χ1n) is 22.4. The molecule has 0 spiro atoms. The van der Waals surface area contributed by atoms with E-state index >= 15 is 0 Å². The van der Waals surface area contributed by atoms with Gasteiger partial charge in [0.2, 0.25) is 11.8 Å². The molecule has 65 heavy (non-hydrogen) atoms. The second kappa shape index (κ2) is 15.4. The zero-order valence-corrected chi connectivity index (χ0v) is 38.6. The van der Waals surface area contributed by atoms with Gasteiger partial charge in [0, 0.05) is 44.7 Å². The predicted molar refractivity (Wildman–Crippen MR) is 271 cm³/mol. The van der Waals surface area contributed by atoms with Gasteiger partial charge in [-0.2, -0.15) is 0 Å². The fraction of sp³-hybridized carbons (Fsp3) is 0.138. The minimum absolute atomic E-state index is 0.390. The van der Waals surface area contributed by atoms with Crippen molar-refractivity contribution in [2.75, 3.05) is 9.80 Å². The monoisotopic (exact) mass is 862 g/mol. The molecule has 0 N–H and O–H groups in total. The van der Waals surface area contributed by atoms with Gasteiger partial charge in [-0.05, 0) is 81.4 Å². The number of hydrogen-bond donors (Lipinski definition) is 0. The lowest BCUT2D eigenvalue weighted by molar-refractivity contribution is 0.410. The van der Waals surface area contributed by atoms with Gasteiger partial charge in [0.05, 0.1) is 11.4 Å². The third-order valence-corrected chi connectivity index (χ3v) is 17.4. The molecule has 0 atom stereocenters. The highest BCUT2D eigenvalue weighted by atomic mass is 28.3. The molecule has 318 valence electrons. The first kappa shape index (κ1) is 40.3. The summed E-state index contributed by atoms with van der Waals surface area (Å²) in [6.45, 7) is 13.0. The van der Waals surface area contributed by atoms with Gasteiger partial charge in [-0.25, -0.2) is 9.97 Å². The Morgan fingerprint density at radius 2 is 0.662 bits per heavy atom. The van der Waals surface area contributed by atoms with Crippen molar-refractivity contribution >= 4 is 85.1 Å². The molecule has 3 heterocycles. The molecule has 0 saturated carbocycles. The van der Waals surface area contributed by atoms with Crippen LogP contribution < -0.4 is 30.5 Å². The zero-order chi connectivity index (χ0) is 44.5. The smallest absolute Gasteiger partial charge is 0.200 e. The Morgan fingerprint density at radius 1 is 0.385 bits per heavy atom. The van der Waals surface area contributed by atoms with Crippen LogP contribution in [0.25, 0.3) is 33.3 Å². The quantitative estimate of drug-likeness (QED) is 0.142.